The van der Waals surface area contributed by atoms with Gasteiger partial charge in [-0.1, -0.05) is 12.1 Å². The predicted octanol–water partition coefficient (Wildman–Crippen LogP) is 4.53. The van der Waals surface area contributed by atoms with E-state index in [-0.39, 0.29) is 17.9 Å². The lowest BCUT2D eigenvalue weighted by atomic mass is 9.92. The summed E-state index contributed by atoms with van der Waals surface area (Å²) in [5.74, 6) is -1.17. The van der Waals surface area contributed by atoms with E-state index in [1.807, 2.05) is 0 Å². The first kappa shape index (κ1) is 21.6. The minimum absolute atomic E-state index is 0.125. The SMILES string of the molecule is O=C1N[C@H](CC[C@H](O)c2ccc(F)cc2)[C@@H](c2ccc(O)cc2O)N1c1ccc(F)cc1. The number of urea groups is 1. The molecule has 0 saturated carbocycles. The zero-order valence-electron chi connectivity index (χ0n) is 17.0. The summed E-state index contributed by atoms with van der Waals surface area (Å²) in [4.78, 5) is 14.3. The number of phenolic OH excluding ortho intramolecular Hbond substituents is 2. The van der Waals surface area contributed by atoms with Gasteiger partial charge >= 0.3 is 6.03 Å². The summed E-state index contributed by atoms with van der Waals surface area (Å²) in [5, 5.41) is 33.5. The van der Waals surface area contributed by atoms with E-state index < -0.39 is 35.9 Å². The Labute approximate surface area is 183 Å². The maximum absolute atomic E-state index is 13.4. The number of nitrogens with zero attached hydrogens (tertiary/aromatic N) is 1. The Morgan fingerprint density at radius 3 is 2.19 bits per heavy atom. The van der Waals surface area contributed by atoms with Crippen LogP contribution in [0.15, 0.2) is 66.7 Å². The zero-order chi connectivity index (χ0) is 22.8. The number of benzene rings is 3. The monoisotopic (exact) mass is 440 g/mol. The van der Waals surface area contributed by atoms with Crippen LogP contribution in [0.2, 0.25) is 0 Å². The van der Waals surface area contributed by atoms with E-state index in [0.717, 1.165) is 0 Å². The van der Waals surface area contributed by atoms with Crippen LogP contribution in [0, 0.1) is 11.6 Å². The van der Waals surface area contributed by atoms with Crippen LogP contribution < -0.4 is 10.2 Å². The van der Waals surface area contributed by atoms with E-state index >= 15 is 0 Å². The van der Waals surface area contributed by atoms with Gasteiger partial charge < -0.3 is 20.6 Å². The summed E-state index contributed by atoms with van der Waals surface area (Å²) in [6.07, 6.45) is -0.266. The van der Waals surface area contributed by atoms with Gasteiger partial charge in [-0.25, -0.2) is 13.6 Å². The molecule has 1 heterocycles. The van der Waals surface area contributed by atoms with Crippen molar-refractivity contribution in [2.45, 2.75) is 31.0 Å². The highest BCUT2D eigenvalue weighted by Gasteiger charge is 2.42. The number of phenols is 2. The van der Waals surface area contributed by atoms with E-state index in [0.29, 0.717) is 23.2 Å². The first-order valence-electron chi connectivity index (χ1n) is 10.1. The molecule has 2 amide bonds. The van der Waals surface area contributed by atoms with Crippen LogP contribution in [0.4, 0.5) is 19.3 Å². The van der Waals surface area contributed by atoms with Crippen molar-refractivity contribution in [3.8, 4) is 11.5 Å². The molecule has 0 radical (unpaired) electrons. The molecule has 1 saturated heterocycles. The van der Waals surface area contributed by atoms with Gasteiger partial charge in [-0.2, -0.15) is 0 Å². The van der Waals surface area contributed by atoms with Gasteiger partial charge in [-0.05, 0) is 66.9 Å². The molecule has 166 valence electrons. The maximum atomic E-state index is 13.4. The van der Waals surface area contributed by atoms with Crippen LogP contribution >= 0.6 is 0 Å². The van der Waals surface area contributed by atoms with Gasteiger partial charge in [0.25, 0.3) is 0 Å². The number of aromatic hydroxyl groups is 2. The third kappa shape index (κ3) is 4.36. The highest BCUT2D eigenvalue weighted by atomic mass is 19.1. The average Bonchev–Trinajstić information content (AvgIpc) is 3.09. The number of aliphatic hydroxyl groups is 1. The van der Waals surface area contributed by atoms with E-state index in [4.69, 9.17) is 0 Å². The second-order valence-electron chi connectivity index (χ2n) is 7.74. The molecule has 4 N–H and O–H groups in total. The molecule has 1 aliphatic rings. The molecule has 0 aliphatic carbocycles. The first-order valence-corrected chi connectivity index (χ1v) is 10.1. The molecule has 1 fully saturated rings. The number of hydrogen-bond donors (Lipinski definition) is 4. The molecule has 0 aromatic heterocycles. The number of anilines is 1. The number of carbonyl (C=O) groups excluding carboxylic acids is 1. The van der Waals surface area contributed by atoms with Crippen molar-refractivity contribution in [2.75, 3.05) is 4.90 Å². The first-order chi connectivity index (χ1) is 15.3. The molecular weight excluding hydrogens is 418 g/mol. The lowest BCUT2D eigenvalue weighted by Crippen LogP contribution is -2.29. The lowest BCUT2D eigenvalue weighted by molar-refractivity contribution is 0.159. The topological polar surface area (TPSA) is 93.0 Å². The molecule has 0 unspecified atom stereocenters. The number of nitrogens with one attached hydrogen (secondary N) is 1. The number of amides is 2. The fourth-order valence-corrected chi connectivity index (χ4v) is 4.05. The van der Waals surface area contributed by atoms with E-state index in [1.165, 1.54) is 71.6 Å². The molecular formula is C24H22F2N2O4. The van der Waals surface area contributed by atoms with Crippen molar-refractivity contribution in [1.29, 1.82) is 0 Å². The van der Waals surface area contributed by atoms with E-state index in [2.05, 4.69) is 5.32 Å². The normalized spacial score (nSPS) is 19.1. The summed E-state index contributed by atoms with van der Waals surface area (Å²) < 4.78 is 26.6. The van der Waals surface area contributed by atoms with E-state index in [9.17, 15) is 28.9 Å². The molecule has 3 aromatic rings. The van der Waals surface area contributed by atoms with Crippen LogP contribution in [0.1, 0.15) is 36.1 Å². The van der Waals surface area contributed by atoms with Crippen molar-refractivity contribution in [3.05, 3.63) is 89.5 Å². The number of hydrogen-bond acceptors (Lipinski definition) is 4. The van der Waals surface area contributed by atoms with E-state index in [1.54, 1.807) is 0 Å². The maximum Gasteiger partial charge on any atom is 0.322 e. The molecule has 3 atom stereocenters. The Kier molecular flexibility index (Phi) is 5.96. The Morgan fingerprint density at radius 1 is 0.938 bits per heavy atom. The van der Waals surface area contributed by atoms with Crippen LogP contribution in [-0.4, -0.2) is 27.4 Å². The molecule has 6 nitrogen and oxygen atoms in total. The Balaban J connectivity index is 1.63. The number of aliphatic hydroxyl groups excluding tert-OH is 1. The van der Waals surface area contributed by atoms with Gasteiger partial charge in [-0.3, -0.25) is 4.90 Å². The molecule has 32 heavy (non-hydrogen) atoms. The van der Waals surface area contributed by atoms with Gasteiger partial charge in [0, 0.05) is 17.3 Å². The highest BCUT2D eigenvalue weighted by Crippen LogP contribution is 2.41. The van der Waals surface area contributed by atoms with Crippen LogP contribution in [-0.2, 0) is 0 Å². The van der Waals surface area contributed by atoms with Gasteiger partial charge in [0.1, 0.15) is 23.1 Å². The second-order valence-corrected chi connectivity index (χ2v) is 7.74. The van der Waals surface area contributed by atoms with Gasteiger partial charge in [0.05, 0.1) is 18.2 Å². The summed E-state index contributed by atoms with van der Waals surface area (Å²) in [5.41, 5.74) is 1.38. The molecule has 8 heteroatoms. The molecule has 0 bridgehead atoms. The average molecular weight is 440 g/mol. The largest absolute Gasteiger partial charge is 0.508 e. The van der Waals surface area contributed by atoms with Crippen molar-refractivity contribution >= 4 is 11.7 Å². The third-order valence-electron chi connectivity index (χ3n) is 5.63. The molecule has 1 aliphatic heterocycles. The fraction of sp³-hybridized carbons (Fsp3) is 0.208. The Morgan fingerprint density at radius 2 is 1.56 bits per heavy atom. The number of carbonyl (C=O) groups is 1. The number of halogens is 2. The van der Waals surface area contributed by atoms with Crippen molar-refractivity contribution in [1.82, 2.24) is 5.32 Å². The molecule has 0 spiro atoms. The quantitative estimate of drug-likeness (QED) is 0.453. The lowest BCUT2D eigenvalue weighted by Gasteiger charge is -2.28. The van der Waals surface area contributed by atoms with Crippen LogP contribution in [0.3, 0.4) is 0 Å². The second kappa shape index (κ2) is 8.84. The van der Waals surface area contributed by atoms with Crippen molar-refractivity contribution in [3.63, 3.8) is 0 Å². The standard InChI is InChI=1S/C24H22F2N2O4/c25-15-3-1-14(2-4-15)21(30)12-11-20-23(19-10-9-18(29)13-22(19)31)28(24(32)27-20)17-7-5-16(26)6-8-17/h1-10,13,20-21,23,29-31H,11-12H2,(H,27,32)/t20-,21+,23-/m1/s1. The minimum atomic E-state index is -0.874. The number of rotatable bonds is 6. The highest BCUT2D eigenvalue weighted by molar-refractivity contribution is 5.96. The molecule has 4 rings (SSSR count). The molecule has 3 aromatic carbocycles. The smallest absolute Gasteiger partial charge is 0.322 e. The summed E-state index contributed by atoms with van der Waals surface area (Å²) in [6.45, 7) is 0. The summed E-state index contributed by atoms with van der Waals surface area (Å²) in [6, 6.07) is 13.5. The summed E-state index contributed by atoms with van der Waals surface area (Å²) >= 11 is 0. The van der Waals surface area contributed by atoms with Crippen molar-refractivity contribution in [2.24, 2.45) is 0 Å². The Hall–Kier alpha value is -3.65. The van der Waals surface area contributed by atoms with Gasteiger partial charge in [-0.15, -0.1) is 0 Å². The van der Waals surface area contributed by atoms with Gasteiger partial charge in [0.2, 0.25) is 0 Å². The predicted molar refractivity (Wildman–Crippen MR) is 114 cm³/mol. The van der Waals surface area contributed by atoms with Crippen LogP contribution in [0.5, 0.6) is 11.5 Å². The zero-order valence-corrected chi connectivity index (χ0v) is 17.0. The van der Waals surface area contributed by atoms with Crippen LogP contribution in [0.25, 0.3) is 0 Å². The third-order valence-corrected chi connectivity index (χ3v) is 5.63. The Bertz CT molecular complexity index is 1110. The van der Waals surface area contributed by atoms with Crippen molar-refractivity contribution < 1.29 is 28.9 Å². The minimum Gasteiger partial charge on any atom is -0.508 e. The fourth-order valence-electron chi connectivity index (χ4n) is 4.05. The van der Waals surface area contributed by atoms with Gasteiger partial charge in [0.15, 0.2) is 0 Å². The summed E-state index contributed by atoms with van der Waals surface area (Å²) in [7, 11) is 0.